The van der Waals surface area contributed by atoms with Crippen molar-refractivity contribution in [2.45, 2.75) is 52.5 Å². The van der Waals surface area contributed by atoms with Gasteiger partial charge in [0, 0.05) is 39.8 Å². The number of nitrogens with one attached hydrogen (secondary N) is 2. The van der Waals surface area contributed by atoms with Crippen LogP contribution in [0.15, 0.2) is 30.3 Å². The minimum atomic E-state index is -0.166. The van der Waals surface area contributed by atoms with Gasteiger partial charge in [0.05, 0.1) is 6.04 Å². The second kappa shape index (κ2) is 8.69. The first-order chi connectivity index (χ1) is 13.3. The van der Waals surface area contributed by atoms with Gasteiger partial charge >= 0.3 is 0 Å². The second-order valence-corrected chi connectivity index (χ2v) is 8.89. The Hall–Kier alpha value is -2.47. The first-order valence-corrected chi connectivity index (χ1v) is 10.5. The van der Waals surface area contributed by atoms with Crippen LogP contribution in [0.5, 0.6) is 0 Å². The Bertz CT molecular complexity index is 882. The number of thiophene rings is 1. The monoisotopic (exact) mass is 398 g/mol. The molecule has 1 aliphatic carbocycles. The summed E-state index contributed by atoms with van der Waals surface area (Å²) in [5.74, 6) is 0.120. The van der Waals surface area contributed by atoms with Gasteiger partial charge in [0.15, 0.2) is 5.78 Å². The number of hydrogen-bond acceptors (Lipinski definition) is 4. The molecular formula is C22H26N2O3S. The van der Waals surface area contributed by atoms with E-state index in [1.54, 1.807) is 11.3 Å². The highest BCUT2D eigenvalue weighted by molar-refractivity contribution is 7.12. The van der Waals surface area contributed by atoms with E-state index in [1.807, 2.05) is 51.1 Å². The Morgan fingerprint density at radius 2 is 1.79 bits per heavy atom. The van der Waals surface area contributed by atoms with Crippen LogP contribution in [0.25, 0.3) is 0 Å². The summed E-state index contributed by atoms with van der Waals surface area (Å²) in [4.78, 5) is 38.4. The zero-order chi connectivity index (χ0) is 20.3. The number of rotatable bonds is 8. The molecule has 1 atom stereocenters. The van der Waals surface area contributed by atoms with E-state index in [4.69, 9.17) is 0 Å². The minimum Gasteiger partial charge on any atom is -0.350 e. The van der Waals surface area contributed by atoms with Crippen LogP contribution in [-0.2, 0) is 9.59 Å². The molecule has 1 aliphatic rings. The maximum absolute atomic E-state index is 12.3. The van der Waals surface area contributed by atoms with Crippen LogP contribution in [0, 0.1) is 19.8 Å². The number of ketones is 1. The average Bonchev–Trinajstić information content (AvgIpc) is 3.45. The maximum Gasteiger partial charge on any atom is 0.227 e. The van der Waals surface area contributed by atoms with Crippen molar-refractivity contribution in [2.24, 2.45) is 5.92 Å². The highest BCUT2D eigenvalue weighted by Crippen LogP contribution is 2.30. The molecule has 2 N–H and O–H groups in total. The fraction of sp³-hybridized carbons (Fsp3) is 0.409. The van der Waals surface area contributed by atoms with Crippen LogP contribution < -0.4 is 10.6 Å². The number of benzene rings is 1. The zero-order valence-electron chi connectivity index (χ0n) is 16.5. The summed E-state index contributed by atoms with van der Waals surface area (Å²) in [5, 5.41) is 5.84. The molecule has 0 spiro atoms. The van der Waals surface area contributed by atoms with Gasteiger partial charge < -0.3 is 10.6 Å². The minimum absolute atomic E-state index is 0.0143. The largest absolute Gasteiger partial charge is 0.350 e. The molecule has 1 aromatic carbocycles. The standard InChI is InChI=1S/C22H26N2O3S/c1-13-12-19(15(3)28-13)20(25)10-11-21(26)23-14(2)16-6-8-18(9-7-16)24-22(27)17-4-5-17/h6-9,12,14,17H,4-5,10-11H2,1-3H3,(H,23,26)(H,24,27). The smallest absolute Gasteiger partial charge is 0.227 e. The summed E-state index contributed by atoms with van der Waals surface area (Å²) in [6.45, 7) is 5.82. The Kier molecular flexibility index (Phi) is 6.29. The highest BCUT2D eigenvalue weighted by atomic mass is 32.1. The lowest BCUT2D eigenvalue weighted by Gasteiger charge is -2.15. The van der Waals surface area contributed by atoms with Gasteiger partial charge in [-0.05, 0) is 57.4 Å². The summed E-state index contributed by atoms with van der Waals surface area (Å²) in [5.41, 5.74) is 2.45. The molecule has 1 heterocycles. The number of Topliss-reactive ketones (excluding diaryl/α,β-unsaturated/α-hetero) is 1. The molecule has 0 bridgehead atoms. The fourth-order valence-electron chi connectivity index (χ4n) is 3.11. The lowest BCUT2D eigenvalue weighted by atomic mass is 10.1. The van der Waals surface area contributed by atoms with Crippen molar-refractivity contribution in [1.82, 2.24) is 5.32 Å². The third kappa shape index (κ3) is 5.29. The molecule has 0 radical (unpaired) electrons. The van der Waals surface area contributed by atoms with Crippen LogP contribution >= 0.6 is 11.3 Å². The molecule has 1 fully saturated rings. The van der Waals surface area contributed by atoms with Gasteiger partial charge in [0.2, 0.25) is 11.8 Å². The molecule has 148 valence electrons. The topological polar surface area (TPSA) is 75.3 Å². The molecular weight excluding hydrogens is 372 g/mol. The van der Waals surface area contributed by atoms with Gasteiger partial charge in [-0.1, -0.05) is 12.1 Å². The normalized spacial score (nSPS) is 14.4. The van der Waals surface area contributed by atoms with Crippen LogP contribution in [0.1, 0.15) is 64.3 Å². The van der Waals surface area contributed by atoms with Crippen LogP contribution in [0.3, 0.4) is 0 Å². The molecule has 6 heteroatoms. The third-order valence-corrected chi connectivity index (χ3v) is 5.89. The molecule has 2 aromatic rings. The van der Waals surface area contributed by atoms with Crippen molar-refractivity contribution in [2.75, 3.05) is 5.32 Å². The number of carbonyl (C=O) groups is 3. The molecule has 0 saturated heterocycles. The second-order valence-electron chi connectivity index (χ2n) is 7.42. The lowest BCUT2D eigenvalue weighted by molar-refractivity contribution is -0.121. The number of carbonyl (C=O) groups excluding carboxylic acids is 3. The van der Waals surface area contributed by atoms with Crippen molar-refractivity contribution in [3.05, 3.63) is 51.2 Å². The van der Waals surface area contributed by atoms with E-state index in [0.29, 0.717) is 0 Å². The van der Waals surface area contributed by atoms with Crippen molar-refractivity contribution < 1.29 is 14.4 Å². The van der Waals surface area contributed by atoms with Gasteiger partial charge in [-0.25, -0.2) is 0 Å². The molecule has 5 nitrogen and oxygen atoms in total. The first-order valence-electron chi connectivity index (χ1n) is 9.64. The molecule has 1 aromatic heterocycles. The van der Waals surface area contributed by atoms with Gasteiger partial charge in [-0.3, -0.25) is 14.4 Å². The molecule has 0 aliphatic heterocycles. The summed E-state index contributed by atoms with van der Waals surface area (Å²) >= 11 is 1.60. The van der Waals surface area contributed by atoms with Crippen molar-refractivity contribution in [3.63, 3.8) is 0 Å². The van der Waals surface area contributed by atoms with E-state index in [0.717, 1.165) is 39.4 Å². The van der Waals surface area contributed by atoms with Crippen molar-refractivity contribution in [1.29, 1.82) is 0 Å². The van der Waals surface area contributed by atoms with E-state index in [1.165, 1.54) is 0 Å². The summed E-state index contributed by atoms with van der Waals surface area (Å²) in [6.07, 6.45) is 2.33. The Labute approximate surface area is 169 Å². The predicted octanol–water partition coefficient (Wildman–Crippen LogP) is 4.55. The fourth-order valence-corrected chi connectivity index (χ4v) is 4.05. The summed E-state index contributed by atoms with van der Waals surface area (Å²) in [7, 11) is 0. The van der Waals surface area contributed by atoms with Crippen LogP contribution in [-0.4, -0.2) is 17.6 Å². The third-order valence-electron chi connectivity index (χ3n) is 4.92. The predicted molar refractivity (Wildman–Crippen MR) is 112 cm³/mol. The van der Waals surface area contributed by atoms with E-state index < -0.39 is 0 Å². The molecule has 1 unspecified atom stereocenters. The van der Waals surface area contributed by atoms with E-state index in [-0.39, 0.29) is 42.4 Å². The summed E-state index contributed by atoms with van der Waals surface area (Å²) < 4.78 is 0. The number of amides is 2. The number of anilines is 1. The SMILES string of the molecule is Cc1cc(C(=O)CCC(=O)NC(C)c2ccc(NC(=O)C3CC3)cc2)c(C)s1. The van der Waals surface area contributed by atoms with Gasteiger partial charge in [0.1, 0.15) is 0 Å². The van der Waals surface area contributed by atoms with Crippen LogP contribution in [0.4, 0.5) is 5.69 Å². The average molecular weight is 399 g/mol. The van der Waals surface area contributed by atoms with E-state index in [2.05, 4.69) is 10.6 Å². The zero-order valence-corrected chi connectivity index (χ0v) is 17.3. The molecule has 1 saturated carbocycles. The lowest BCUT2D eigenvalue weighted by Crippen LogP contribution is -2.27. The molecule has 28 heavy (non-hydrogen) atoms. The quantitative estimate of drug-likeness (QED) is 0.641. The Morgan fingerprint density at radius 3 is 2.36 bits per heavy atom. The van der Waals surface area contributed by atoms with Crippen LogP contribution in [0.2, 0.25) is 0 Å². The Balaban J connectivity index is 1.47. The molecule has 3 rings (SSSR count). The number of aryl methyl sites for hydroxylation is 2. The van der Waals surface area contributed by atoms with Gasteiger partial charge in [-0.15, -0.1) is 11.3 Å². The number of hydrogen-bond donors (Lipinski definition) is 2. The maximum atomic E-state index is 12.3. The first kappa shape index (κ1) is 20.3. The van der Waals surface area contributed by atoms with E-state index in [9.17, 15) is 14.4 Å². The molecule has 2 amide bonds. The van der Waals surface area contributed by atoms with Gasteiger partial charge in [-0.2, -0.15) is 0 Å². The van der Waals surface area contributed by atoms with Crippen molar-refractivity contribution in [3.8, 4) is 0 Å². The summed E-state index contributed by atoms with van der Waals surface area (Å²) in [6, 6.07) is 9.23. The Morgan fingerprint density at radius 1 is 1.11 bits per heavy atom. The highest BCUT2D eigenvalue weighted by Gasteiger charge is 2.29. The van der Waals surface area contributed by atoms with Crippen molar-refractivity contribution >= 4 is 34.6 Å². The van der Waals surface area contributed by atoms with E-state index >= 15 is 0 Å². The van der Waals surface area contributed by atoms with Gasteiger partial charge in [0.25, 0.3) is 0 Å².